The maximum atomic E-state index is 8.73. The molecule has 0 atom stereocenters. The summed E-state index contributed by atoms with van der Waals surface area (Å²) in [5.74, 6) is 0.858. The molecule has 0 saturated heterocycles. The molecule has 4 heteroatoms. The lowest BCUT2D eigenvalue weighted by atomic mass is 10.1. The number of rotatable bonds is 6. The van der Waals surface area contributed by atoms with E-state index in [2.05, 4.69) is 11.4 Å². The highest BCUT2D eigenvalue weighted by Gasteiger charge is 2.00. The van der Waals surface area contributed by atoms with Gasteiger partial charge in [-0.2, -0.15) is 5.26 Å². The molecule has 0 amide bonds. The Kier molecular flexibility index (Phi) is 4.85. The molecule has 0 aliphatic rings. The zero-order valence-electron chi connectivity index (χ0n) is 11.2. The third kappa shape index (κ3) is 3.92. The van der Waals surface area contributed by atoms with Crippen LogP contribution in [-0.4, -0.2) is 13.2 Å². The van der Waals surface area contributed by atoms with Crippen molar-refractivity contribution < 1.29 is 4.74 Å². The van der Waals surface area contributed by atoms with E-state index in [9.17, 15) is 0 Å². The van der Waals surface area contributed by atoms with E-state index in [4.69, 9.17) is 15.7 Å². The van der Waals surface area contributed by atoms with E-state index in [-0.39, 0.29) is 0 Å². The summed E-state index contributed by atoms with van der Waals surface area (Å²) in [6.07, 6.45) is 0.321. The fourth-order valence-corrected chi connectivity index (χ4v) is 1.83. The van der Waals surface area contributed by atoms with Crippen LogP contribution in [0.25, 0.3) is 0 Å². The van der Waals surface area contributed by atoms with Crippen molar-refractivity contribution >= 4 is 11.4 Å². The predicted octanol–water partition coefficient (Wildman–Crippen LogP) is 2.83. The molecule has 102 valence electrons. The Morgan fingerprint density at radius 1 is 1.15 bits per heavy atom. The average Bonchev–Trinajstić information content (AvgIpc) is 2.48. The van der Waals surface area contributed by atoms with E-state index in [1.165, 1.54) is 0 Å². The van der Waals surface area contributed by atoms with Crippen molar-refractivity contribution in [2.24, 2.45) is 0 Å². The second-order valence-electron chi connectivity index (χ2n) is 4.34. The number of benzene rings is 2. The normalized spacial score (nSPS) is 9.75. The monoisotopic (exact) mass is 267 g/mol. The van der Waals surface area contributed by atoms with Crippen molar-refractivity contribution in [3.63, 3.8) is 0 Å². The van der Waals surface area contributed by atoms with Gasteiger partial charge in [-0.25, -0.2) is 0 Å². The van der Waals surface area contributed by atoms with Gasteiger partial charge in [-0.3, -0.25) is 0 Å². The first-order valence-electron chi connectivity index (χ1n) is 6.46. The molecule has 0 aromatic heterocycles. The lowest BCUT2D eigenvalue weighted by Crippen LogP contribution is -2.11. The van der Waals surface area contributed by atoms with E-state index < -0.39 is 0 Å². The van der Waals surface area contributed by atoms with Crippen molar-refractivity contribution in [1.29, 1.82) is 5.26 Å². The molecule has 0 unspecified atom stereocenters. The molecule has 0 aliphatic carbocycles. The molecule has 0 radical (unpaired) electrons. The van der Waals surface area contributed by atoms with Crippen LogP contribution in [0.15, 0.2) is 48.5 Å². The first kappa shape index (κ1) is 13.8. The maximum absolute atomic E-state index is 8.73. The second-order valence-corrected chi connectivity index (χ2v) is 4.34. The van der Waals surface area contributed by atoms with Gasteiger partial charge in [0.2, 0.25) is 0 Å². The minimum Gasteiger partial charge on any atom is -0.492 e. The summed E-state index contributed by atoms with van der Waals surface area (Å²) < 4.78 is 5.59. The van der Waals surface area contributed by atoms with Crippen LogP contribution in [0.4, 0.5) is 11.4 Å². The van der Waals surface area contributed by atoms with Crippen LogP contribution in [-0.2, 0) is 6.42 Å². The van der Waals surface area contributed by atoms with Crippen molar-refractivity contribution in [3.8, 4) is 11.8 Å². The smallest absolute Gasteiger partial charge is 0.119 e. The van der Waals surface area contributed by atoms with Crippen LogP contribution in [0.2, 0.25) is 0 Å². The van der Waals surface area contributed by atoms with Crippen molar-refractivity contribution in [1.82, 2.24) is 0 Å². The van der Waals surface area contributed by atoms with Gasteiger partial charge in [0.15, 0.2) is 0 Å². The first-order chi connectivity index (χ1) is 9.79. The van der Waals surface area contributed by atoms with E-state index in [1.54, 1.807) is 0 Å². The van der Waals surface area contributed by atoms with Crippen LogP contribution in [0.1, 0.15) is 5.56 Å². The Hall–Kier alpha value is -2.67. The van der Waals surface area contributed by atoms with Gasteiger partial charge in [-0.15, -0.1) is 0 Å². The lowest BCUT2D eigenvalue weighted by molar-refractivity contribution is 0.333. The number of nitrogen functional groups attached to an aromatic ring is 1. The SMILES string of the molecule is N#CCc1cc(NCCOc2ccccc2)ccc1N. The van der Waals surface area contributed by atoms with Gasteiger partial charge in [0.05, 0.1) is 12.5 Å². The fourth-order valence-electron chi connectivity index (χ4n) is 1.83. The van der Waals surface area contributed by atoms with E-state index in [1.807, 2.05) is 48.5 Å². The first-order valence-corrected chi connectivity index (χ1v) is 6.46. The number of nitriles is 1. The van der Waals surface area contributed by atoms with Crippen molar-refractivity contribution in [3.05, 3.63) is 54.1 Å². The fraction of sp³-hybridized carbons (Fsp3) is 0.188. The molecule has 0 fully saturated rings. The molecular weight excluding hydrogens is 250 g/mol. The van der Waals surface area contributed by atoms with E-state index >= 15 is 0 Å². The summed E-state index contributed by atoms with van der Waals surface area (Å²) in [5, 5.41) is 12.0. The minimum absolute atomic E-state index is 0.321. The van der Waals surface area contributed by atoms with Crippen LogP contribution < -0.4 is 15.8 Å². The number of nitrogens with zero attached hydrogens (tertiary/aromatic N) is 1. The molecule has 2 rings (SSSR count). The van der Waals surface area contributed by atoms with Gasteiger partial charge >= 0.3 is 0 Å². The van der Waals surface area contributed by atoms with Gasteiger partial charge in [-0.05, 0) is 35.9 Å². The Morgan fingerprint density at radius 3 is 2.70 bits per heavy atom. The van der Waals surface area contributed by atoms with Crippen molar-refractivity contribution in [2.75, 3.05) is 24.2 Å². The maximum Gasteiger partial charge on any atom is 0.119 e. The number of hydrogen-bond donors (Lipinski definition) is 2. The van der Waals surface area contributed by atoms with Gasteiger partial charge in [0.25, 0.3) is 0 Å². The standard InChI is InChI=1S/C16H17N3O/c17-9-8-13-12-14(6-7-16(13)18)19-10-11-20-15-4-2-1-3-5-15/h1-7,12,19H,8,10-11,18H2. The molecule has 0 saturated carbocycles. The Morgan fingerprint density at radius 2 is 1.95 bits per heavy atom. The van der Waals surface area contributed by atoms with Crippen LogP contribution >= 0.6 is 0 Å². The number of ether oxygens (including phenoxy) is 1. The van der Waals surface area contributed by atoms with Gasteiger partial charge < -0.3 is 15.8 Å². The summed E-state index contributed by atoms with van der Waals surface area (Å²) in [6.45, 7) is 1.26. The highest BCUT2D eigenvalue weighted by molar-refractivity contribution is 5.58. The molecule has 20 heavy (non-hydrogen) atoms. The van der Waals surface area contributed by atoms with Gasteiger partial charge in [-0.1, -0.05) is 18.2 Å². The summed E-state index contributed by atoms with van der Waals surface area (Å²) in [5.41, 5.74) is 8.25. The third-order valence-electron chi connectivity index (χ3n) is 2.86. The number of nitrogens with two attached hydrogens (primary N) is 1. The zero-order valence-corrected chi connectivity index (χ0v) is 11.2. The molecule has 2 aromatic carbocycles. The molecule has 3 N–H and O–H groups in total. The largest absolute Gasteiger partial charge is 0.492 e. The highest BCUT2D eigenvalue weighted by Crippen LogP contribution is 2.18. The third-order valence-corrected chi connectivity index (χ3v) is 2.86. The number of nitrogens with one attached hydrogen (secondary N) is 1. The Labute approximate surface area is 118 Å². The number of hydrogen-bond acceptors (Lipinski definition) is 4. The summed E-state index contributed by atoms with van der Waals surface area (Å²) >= 11 is 0. The molecule has 0 aliphatic heterocycles. The zero-order chi connectivity index (χ0) is 14.2. The molecule has 0 bridgehead atoms. The molecule has 2 aromatic rings. The van der Waals surface area contributed by atoms with Crippen LogP contribution in [0.3, 0.4) is 0 Å². The summed E-state index contributed by atoms with van der Waals surface area (Å²) in [6, 6.07) is 17.4. The van der Waals surface area contributed by atoms with E-state index in [0.717, 1.165) is 17.0 Å². The predicted molar refractivity (Wildman–Crippen MR) is 80.6 cm³/mol. The highest BCUT2D eigenvalue weighted by atomic mass is 16.5. The van der Waals surface area contributed by atoms with Crippen LogP contribution in [0.5, 0.6) is 5.75 Å². The number of anilines is 2. The average molecular weight is 267 g/mol. The lowest BCUT2D eigenvalue weighted by Gasteiger charge is -2.10. The van der Waals surface area contributed by atoms with Gasteiger partial charge in [0, 0.05) is 17.9 Å². The van der Waals surface area contributed by atoms with Crippen molar-refractivity contribution in [2.45, 2.75) is 6.42 Å². The van der Waals surface area contributed by atoms with Crippen LogP contribution in [0, 0.1) is 11.3 Å². The molecule has 4 nitrogen and oxygen atoms in total. The number of para-hydroxylation sites is 1. The summed E-state index contributed by atoms with van der Waals surface area (Å²) in [4.78, 5) is 0. The molecular formula is C16H17N3O. The Balaban J connectivity index is 1.82. The molecule has 0 spiro atoms. The summed E-state index contributed by atoms with van der Waals surface area (Å²) in [7, 11) is 0. The quantitative estimate of drug-likeness (QED) is 0.623. The van der Waals surface area contributed by atoms with E-state index in [0.29, 0.717) is 25.3 Å². The second kappa shape index (κ2) is 7.05. The minimum atomic E-state index is 0.321. The van der Waals surface area contributed by atoms with Gasteiger partial charge in [0.1, 0.15) is 12.4 Å². The Bertz CT molecular complexity index is 590. The topological polar surface area (TPSA) is 71.1 Å². The molecule has 0 heterocycles.